The van der Waals surface area contributed by atoms with Crippen LogP contribution in [-0.4, -0.2) is 33.6 Å². The molecule has 0 unspecified atom stereocenters. The quantitative estimate of drug-likeness (QED) is 0.653. The molecular formula is C22H20F3N3O2. The van der Waals surface area contributed by atoms with E-state index in [1.165, 1.54) is 24.4 Å². The Hall–Kier alpha value is -3.26. The zero-order valence-corrected chi connectivity index (χ0v) is 16.4. The highest BCUT2D eigenvalue weighted by molar-refractivity contribution is 5.97. The fourth-order valence-corrected chi connectivity index (χ4v) is 2.90. The molecule has 8 heteroatoms. The lowest BCUT2D eigenvalue weighted by molar-refractivity contribution is -0.137. The van der Waals surface area contributed by atoms with Gasteiger partial charge in [0.2, 0.25) is 0 Å². The number of nitrogens with zero attached hydrogens (tertiary/aromatic N) is 2. The normalized spacial score (nSPS) is 12.5. The van der Waals surface area contributed by atoms with Crippen LogP contribution in [0.1, 0.15) is 28.4 Å². The summed E-state index contributed by atoms with van der Waals surface area (Å²) >= 11 is 0. The smallest absolute Gasteiger partial charge is 0.394 e. The van der Waals surface area contributed by atoms with E-state index in [0.717, 1.165) is 11.6 Å². The number of halogens is 3. The summed E-state index contributed by atoms with van der Waals surface area (Å²) in [5, 5.41) is 11.8. The van der Waals surface area contributed by atoms with Crippen LogP contribution < -0.4 is 5.32 Å². The SMILES string of the molecule is Cc1ccc(-c2cc(C(=O)N[C@@H](C)CO)cc(-c3ncccc3C(F)(F)F)c2)nc1. The average Bonchev–Trinajstić information content (AvgIpc) is 2.73. The Balaban J connectivity index is 2.18. The number of carbonyl (C=O) groups excluding carboxylic acids is 1. The molecule has 156 valence electrons. The van der Waals surface area contributed by atoms with Gasteiger partial charge in [-0.3, -0.25) is 14.8 Å². The molecule has 0 radical (unpaired) electrons. The number of hydrogen-bond donors (Lipinski definition) is 2. The van der Waals surface area contributed by atoms with Gasteiger partial charge in [0.15, 0.2) is 0 Å². The number of aryl methyl sites for hydroxylation is 1. The highest BCUT2D eigenvalue weighted by Gasteiger charge is 2.34. The lowest BCUT2D eigenvalue weighted by Gasteiger charge is -2.15. The van der Waals surface area contributed by atoms with Crippen LogP contribution in [0.15, 0.2) is 54.9 Å². The fraction of sp³-hybridized carbons (Fsp3) is 0.227. The van der Waals surface area contributed by atoms with Gasteiger partial charge in [0.05, 0.1) is 23.6 Å². The van der Waals surface area contributed by atoms with E-state index in [4.69, 9.17) is 0 Å². The molecule has 0 fully saturated rings. The van der Waals surface area contributed by atoms with E-state index < -0.39 is 23.7 Å². The molecule has 0 aliphatic rings. The monoisotopic (exact) mass is 415 g/mol. The Morgan fingerprint density at radius 3 is 2.50 bits per heavy atom. The van der Waals surface area contributed by atoms with Crippen molar-refractivity contribution in [3.63, 3.8) is 0 Å². The summed E-state index contributed by atoms with van der Waals surface area (Å²) in [7, 11) is 0. The van der Waals surface area contributed by atoms with Gasteiger partial charge in [0.1, 0.15) is 0 Å². The molecule has 1 amide bonds. The Morgan fingerprint density at radius 2 is 1.87 bits per heavy atom. The molecule has 0 bridgehead atoms. The van der Waals surface area contributed by atoms with Crippen LogP contribution in [-0.2, 0) is 6.18 Å². The molecule has 0 saturated carbocycles. The number of aliphatic hydroxyl groups excluding tert-OH is 1. The number of amides is 1. The summed E-state index contributed by atoms with van der Waals surface area (Å²) in [6.07, 6.45) is -1.69. The molecule has 5 nitrogen and oxygen atoms in total. The van der Waals surface area contributed by atoms with Crippen molar-refractivity contribution in [2.45, 2.75) is 26.1 Å². The van der Waals surface area contributed by atoms with Crippen LogP contribution in [0.4, 0.5) is 13.2 Å². The van der Waals surface area contributed by atoms with Gasteiger partial charge >= 0.3 is 6.18 Å². The van der Waals surface area contributed by atoms with Crippen molar-refractivity contribution in [2.24, 2.45) is 0 Å². The van der Waals surface area contributed by atoms with E-state index in [2.05, 4.69) is 15.3 Å². The maximum absolute atomic E-state index is 13.5. The third-order valence-corrected chi connectivity index (χ3v) is 4.44. The van der Waals surface area contributed by atoms with Gasteiger partial charge in [-0.15, -0.1) is 0 Å². The molecule has 2 heterocycles. The molecule has 30 heavy (non-hydrogen) atoms. The van der Waals surface area contributed by atoms with E-state index in [1.807, 2.05) is 13.0 Å². The first kappa shape index (κ1) is 21.4. The van der Waals surface area contributed by atoms with E-state index >= 15 is 0 Å². The minimum absolute atomic E-state index is 0.143. The third kappa shape index (κ3) is 4.83. The lowest BCUT2D eigenvalue weighted by Crippen LogP contribution is -2.35. The number of aromatic nitrogens is 2. The molecule has 0 aliphatic heterocycles. The largest absolute Gasteiger partial charge is 0.418 e. The summed E-state index contributed by atoms with van der Waals surface area (Å²) in [6.45, 7) is 3.22. The standard InChI is InChI=1S/C22H20F3N3O2/c1-13-5-6-19(27-11-13)15-8-16(10-17(9-15)21(30)28-14(2)12-29)20-18(22(23,24)25)4-3-7-26-20/h3-11,14,29H,12H2,1-2H3,(H,28,30)/t14-/m0/s1. The Labute approximate surface area is 171 Å². The lowest BCUT2D eigenvalue weighted by atomic mass is 9.97. The van der Waals surface area contributed by atoms with Crippen LogP contribution in [0.2, 0.25) is 0 Å². The van der Waals surface area contributed by atoms with Gasteiger partial charge in [0.25, 0.3) is 5.91 Å². The van der Waals surface area contributed by atoms with Crippen molar-refractivity contribution in [3.8, 4) is 22.5 Å². The van der Waals surface area contributed by atoms with Crippen molar-refractivity contribution in [1.82, 2.24) is 15.3 Å². The third-order valence-electron chi connectivity index (χ3n) is 4.44. The molecular weight excluding hydrogens is 395 g/mol. The summed E-state index contributed by atoms with van der Waals surface area (Å²) in [6, 6.07) is 9.65. The molecule has 0 spiro atoms. The number of hydrogen-bond acceptors (Lipinski definition) is 4. The Bertz CT molecular complexity index is 1050. The van der Waals surface area contributed by atoms with Gasteiger partial charge in [-0.2, -0.15) is 13.2 Å². The van der Waals surface area contributed by atoms with Crippen molar-refractivity contribution < 1.29 is 23.1 Å². The van der Waals surface area contributed by atoms with Gasteiger partial charge in [0, 0.05) is 35.1 Å². The molecule has 2 N–H and O–H groups in total. The predicted octanol–water partition coefficient (Wildman–Crippen LogP) is 4.25. The predicted molar refractivity (Wildman–Crippen MR) is 107 cm³/mol. The van der Waals surface area contributed by atoms with Crippen molar-refractivity contribution in [3.05, 3.63) is 71.5 Å². The second kappa shape index (κ2) is 8.62. The molecule has 0 aliphatic carbocycles. The van der Waals surface area contributed by atoms with Crippen molar-refractivity contribution in [1.29, 1.82) is 0 Å². The fourth-order valence-electron chi connectivity index (χ4n) is 2.90. The number of carbonyl (C=O) groups is 1. The Kier molecular flexibility index (Phi) is 6.17. The van der Waals surface area contributed by atoms with E-state index in [0.29, 0.717) is 11.3 Å². The minimum atomic E-state index is -4.60. The molecule has 0 saturated heterocycles. The van der Waals surface area contributed by atoms with Crippen molar-refractivity contribution >= 4 is 5.91 Å². The van der Waals surface area contributed by atoms with E-state index in [1.54, 1.807) is 25.3 Å². The zero-order valence-electron chi connectivity index (χ0n) is 16.4. The van der Waals surface area contributed by atoms with E-state index in [-0.39, 0.29) is 23.4 Å². The molecule has 3 aromatic rings. The highest BCUT2D eigenvalue weighted by Crippen LogP contribution is 2.37. The number of alkyl halides is 3. The van der Waals surface area contributed by atoms with Crippen LogP contribution in [0.5, 0.6) is 0 Å². The van der Waals surface area contributed by atoms with Gasteiger partial charge in [-0.25, -0.2) is 0 Å². The zero-order chi connectivity index (χ0) is 21.9. The number of rotatable bonds is 5. The van der Waals surface area contributed by atoms with Gasteiger partial charge in [-0.05, 0) is 55.8 Å². The van der Waals surface area contributed by atoms with Crippen LogP contribution in [0.3, 0.4) is 0 Å². The molecule has 2 aromatic heterocycles. The average molecular weight is 415 g/mol. The van der Waals surface area contributed by atoms with E-state index in [9.17, 15) is 23.1 Å². The topological polar surface area (TPSA) is 75.1 Å². The first-order chi connectivity index (χ1) is 14.2. The highest BCUT2D eigenvalue weighted by atomic mass is 19.4. The number of aliphatic hydroxyl groups is 1. The number of benzene rings is 1. The minimum Gasteiger partial charge on any atom is -0.394 e. The van der Waals surface area contributed by atoms with Crippen molar-refractivity contribution in [2.75, 3.05) is 6.61 Å². The summed E-state index contributed by atoms with van der Waals surface area (Å²) in [4.78, 5) is 20.9. The second-order valence-electron chi connectivity index (χ2n) is 6.97. The first-order valence-electron chi connectivity index (χ1n) is 9.21. The van der Waals surface area contributed by atoms with Crippen LogP contribution in [0.25, 0.3) is 22.5 Å². The molecule has 1 atom stereocenters. The summed E-state index contributed by atoms with van der Waals surface area (Å²) in [5.41, 5.74) is 1.03. The maximum atomic E-state index is 13.5. The Morgan fingerprint density at radius 1 is 1.13 bits per heavy atom. The van der Waals surface area contributed by atoms with Gasteiger partial charge < -0.3 is 10.4 Å². The molecule has 3 rings (SSSR count). The number of nitrogens with one attached hydrogen (secondary N) is 1. The number of pyridine rings is 2. The van der Waals surface area contributed by atoms with Crippen LogP contribution >= 0.6 is 0 Å². The summed E-state index contributed by atoms with van der Waals surface area (Å²) < 4.78 is 40.6. The first-order valence-corrected chi connectivity index (χ1v) is 9.21. The summed E-state index contributed by atoms with van der Waals surface area (Å²) in [5.74, 6) is -0.517. The molecule has 1 aromatic carbocycles. The second-order valence-corrected chi connectivity index (χ2v) is 6.97. The van der Waals surface area contributed by atoms with Gasteiger partial charge in [-0.1, -0.05) is 6.07 Å². The maximum Gasteiger partial charge on any atom is 0.418 e. The van der Waals surface area contributed by atoms with Crippen LogP contribution in [0, 0.1) is 6.92 Å².